The highest BCUT2D eigenvalue weighted by atomic mass is 35.5. The molecular weight excluding hydrogens is 386 g/mol. The predicted octanol–water partition coefficient (Wildman–Crippen LogP) is 3.26. The number of aliphatic imine (C=N–C) groups is 1. The molecule has 1 unspecified atom stereocenters. The number of nitrogens with zero attached hydrogens (tertiary/aromatic N) is 3. The number of hydrogen-bond donors (Lipinski definition) is 3. The van der Waals surface area contributed by atoms with Crippen LogP contribution in [0.2, 0.25) is 5.02 Å². The minimum Gasteiger partial charge on any atom is -0.508 e. The Kier molecular flexibility index (Phi) is 6.09. The van der Waals surface area contributed by atoms with E-state index < -0.39 is 0 Å². The topological polar surface area (TPSA) is 72.8 Å². The smallest absolute Gasteiger partial charge is 0.191 e. The van der Waals surface area contributed by atoms with Gasteiger partial charge in [0.25, 0.3) is 0 Å². The highest BCUT2D eigenvalue weighted by Gasteiger charge is 2.25. The van der Waals surface area contributed by atoms with E-state index in [1.165, 1.54) is 24.0 Å². The first-order chi connectivity index (χ1) is 14.2. The first-order valence-electron chi connectivity index (χ1n) is 10.3. The summed E-state index contributed by atoms with van der Waals surface area (Å²) in [5.41, 5.74) is 3.67. The van der Waals surface area contributed by atoms with Crippen LogP contribution in [0.4, 0.5) is 5.82 Å². The molecule has 0 amide bonds. The lowest BCUT2D eigenvalue weighted by molar-refractivity contribution is 0.464. The van der Waals surface area contributed by atoms with E-state index in [4.69, 9.17) is 11.6 Å². The Morgan fingerprint density at radius 2 is 2.17 bits per heavy atom. The zero-order valence-electron chi connectivity index (χ0n) is 16.8. The summed E-state index contributed by atoms with van der Waals surface area (Å²) in [6.07, 6.45) is 7.31. The van der Waals surface area contributed by atoms with Crippen molar-refractivity contribution in [2.24, 2.45) is 4.99 Å². The molecule has 7 heteroatoms. The van der Waals surface area contributed by atoms with Crippen LogP contribution in [0.3, 0.4) is 0 Å². The first kappa shape index (κ1) is 19.8. The van der Waals surface area contributed by atoms with Gasteiger partial charge in [0.1, 0.15) is 11.6 Å². The molecular formula is C22H28ClN5O. The van der Waals surface area contributed by atoms with Gasteiger partial charge in [0.2, 0.25) is 0 Å². The van der Waals surface area contributed by atoms with Crippen LogP contribution in [0, 0.1) is 0 Å². The van der Waals surface area contributed by atoms with Crippen LogP contribution in [-0.2, 0) is 19.4 Å². The maximum Gasteiger partial charge on any atom is 0.191 e. The summed E-state index contributed by atoms with van der Waals surface area (Å²) in [7, 11) is 1.78. The molecule has 2 aromatic rings. The lowest BCUT2D eigenvalue weighted by Crippen LogP contribution is -2.44. The number of aryl methyl sites for hydroxylation is 1. The molecule has 1 saturated heterocycles. The highest BCUT2D eigenvalue weighted by molar-refractivity contribution is 6.32. The molecule has 1 fully saturated rings. The van der Waals surface area contributed by atoms with Crippen molar-refractivity contribution in [1.29, 1.82) is 0 Å². The molecule has 3 N–H and O–H groups in total. The Bertz CT molecular complexity index is 901. The molecule has 1 aromatic carbocycles. The number of anilines is 1. The Morgan fingerprint density at radius 3 is 3.00 bits per heavy atom. The fourth-order valence-corrected chi connectivity index (χ4v) is 4.57. The molecule has 0 radical (unpaired) electrons. The number of hydrogen-bond acceptors (Lipinski definition) is 4. The number of halogens is 1. The number of phenolic OH excluding ortho intramolecular Hbond substituents is 1. The monoisotopic (exact) mass is 413 g/mol. The first-order valence-corrected chi connectivity index (χ1v) is 10.7. The molecule has 1 aromatic heterocycles. The van der Waals surface area contributed by atoms with Gasteiger partial charge in [-0.3, -0.25) is 4.99 Å². The van der Waals surface area contributed by atoms with E-state index in [-0.39, 0.29) is 6.04 Å². The van der Waals surface area contributed by atoms with Gasteiger partial charge in [0.15, 0.2) is 5.96 Å². The molecule has 2 aliphatic rings. The number of phenols is 1. The Balaban J connectivity index is 1.37. The van der Waals surface area contributed by atoms with E-state index in [2.05, 4.69) is 31.6 Å². The highest BCUT2D eigenvalue weighted by Crippen LogP contribution is 2.30. The second kappa shape index (κ2) is 8.91. The minimum atomic E-state index is 0.262. The molecule has 4 rings (SSSR count). The summed E-state index contributed by atoms with van der Waals surface area (Å²) >= 11 is 6.29. The molecule has 2 heterocycles. The summed E-state index contributed by atoms with van der Waals surface area (Å²) in [5.74, 6) is 1.95. The number of aromatic hydroxyl groups is 1. The van der Waals surface area contributed by atoms with Crippen molar-refractivity contribution in [2.75, 3.05) is 25.0 Å². The Hall–Kier alpha value is -2.47. The molecule has 1 aliphatic heterocycles. The van der Waals surface area contributed by atoms with Crippen LogP contribution in [0.15, 0.2) is 35.5 Å². The second-order valence-corrected chi connectivity index (χ2v) is 8.13. The number of nitrogens with one attached hydrogen (secondary N) is 2. The summed E-state index contributed by atoms with van der Waals surface area (Å²) in [6.45, 7) is 2.29. The van der Waals surface area contributed by atoms with Crippen LogP contribution in [-0.4, -0.2) is 42.2 Å². The van der Waals surface area contributed by atoms with Crippen LogP contribution in [0.1, 0.15) is 36.0 Å². The molecule has 0 spiro atoms. The van der Waals surface area contributed by atoms with Gasteiger partial charge >= 0.3 is 0 Å². The molecule has 154 valence electrons. The molecule has 29 heavy (non-hydrogen) atoms. The Labute approximate surface area is 177 Å². The second-order valence-electron chi connectivity index (χ2n) is 7.72. The van der Waals surface area contributed by atoms with E-state index in [1.54, 1.807) is 13.2 Å². The number of aromatic nitrogens is 1. The minimum absolute atomic E-state index is 0.262. The number of benzene rings is 1. The van der Waals surface area contributed by atoms with E-state index in [0.29, 0.717) is 17.3 Å². The van der Waals surface area contributed by atoms with E-state index >= 15 is 0 Å². The maximum absolute atomic E-state index is 10.4. The largest absolute Gasteiger partial charge is 0.508 e. The van der Waals surface area contributed by atoms with Gasteiger partial charge in [-0.2, -0.15) is 0 Å². The average molecular weight is 414 g/mol. The summed E-state index contributed by atoms with van der Waals surface area (Å²) in [5, 5.41) is 18.0. The van der Waals surface area contributed by atoms with Crippen molar-refractivity contribution in [1.82, 2.24) is 15.6 Å². The van der Waals surface area contributed by atoms with Gasteiger partial charge in [0, 0.05) is 44.5 Å². The van der Waals surface area contributed by atoms with Crippen molar-refractivity contribution >= 4 is 23.4 Å². The van der Waals surface area contributed by atoms with Gasteiger partial charge in [-0.1, -0.05) is 17.7 Å². The van der Waals surface area contributed by atoms with E-state index in [9.17, 15) is 5.11 Å². The summed E-state index contributed by atoms with van der Waals surface area (Å²) in [4.78, 5) is 11.0. The normalized spacial score (nSPS) is 19.2. The van der Waals surface area contributed by atoms with Crippen molar-refractivity contribution in [2.45, 2.75) is 44.7 Å². The molecule has 0 saturated carbocycles. The van der Waals surface area contributed by atoms with Gasteiger partial charge in [0.05, 0.1) is 5.02 Å². The van der Waals surface area contributed by atoms with Crippen LogP contribution in [0.25, 0.3) is 0 Å². The number of fused-ring (bicyclic) bond motifs is 1. The lowest BCUT2D eigenvalue weighted by Gasteiger charge is -2.23. The van der Waals surface area contributed by atoms with Crippen LogP contribution < -0.4 is 15.5 Å². The quantitative estimate of drug-likeness (QED) is 0.530. The lowest BCUT2D eigenvalue weighted by atomic mass is 9.88. The van der Waals surface area contributed by atoms with Crippen molar-refractivity contribution < 1.29 is 5.11 Å². The van der Waals surface area contributed by atoms with Gasteiger partial charge in [-0.05, 0) is 61.4 Å². The molecule has 1 aliphatic carbocycles. The third-order valence-corrected chi connectivity index (χ3v) is 6.15. The average Bonchev–Trinajstić information content (AvgIpc) is 3.20. The zero-order valence-corrected chi connectivity index (χ0v) is 17.5. The summed E-state index contributed by atoms with van der Waals surface area (Å²) in [6, 6.07) is 7.87. The molecule has 1 atom stereocenters. The van der Waals surface area contributed by atoms with Gasteiger partial charge in [-0.15, -0.1) is 0 Å². The molecule has 6 nitrogen and oxygen atoms in total. The third-order valence-electron chi connectivity index (χ3n) is 5.85. The molecule has 0 bridgehead atoms. The Morgan fingerprint density at radius 1 is 1.31 bits per heavy atom. The van der Waals surface area contributed by atoms with E-state index in [0.717, 1.165) is 49.7 Å². The van der Waals surface area contributed by atoms with Crippen molar-refractivity contribution in [3.05, 3.63) is 52.2 Å². The third kappa shape index (κ3) is 4.42. The number of pyridine rings is 1. The SMILES string of the molecule is CN=C(NCc1c(O)ccc2c1CCCC2)NC1CCN(c2ncccc2Cl)C1. The standard InChI is InChI=1S/C22H28ClN5O/c1-24-22(26-13-18-17-6-3-2-5-15(17)8-9-20(18)29)27-16-10-12-28(14-16)21-19(23)7-4-11-25-21/h4,7-9,11,16,29H,2-3,5-6,10,12-14H2,1H3,(H2,24,26,27). The zero-order chi connectivity index (χ0) is 20.2. The fourth-order valence-electron chi connectivity index (χ4n) is 4.33. The summed E-state index contributed by atoms with van der Waals surface area (Å²) < 4.78 is 0. The van der Waals surface area contributed by atoms with Crippen LogP contribution >= 0.6 is 11.6 Å². The maximum atomic E-state index is 10.4. The van der Waals surface area contributed by atoms with Gasteiger partial charge < -0.3 is 20.6 Å². The van der Waals surface area contributed by atoms with Crippen molar-refractivity contribution in [3.63, 3.8) is 0 Å². The van der Waals surface area contributed by atoms with E-state index in [1.807, 2.05) is 18.2 Å². The van der Waals surface area contributed by atoms with Crippen LogP contribution in [0.5, 0.6) is 5.75 Å². The number of guanidine groups is 1. The predicted molar refractivity (Wildman–Crippen MR) is 118 cm³/mol. The number of rotatable bonds is 4. The fraction of sp³-hybridized carbons (Fsp3) is 0.455. The van der Waals surface area contributed by atoms with Gasteiger partial charge in [-0.25, -0.2) is 4.98 Å². The van der Waals surface area contributed by atoms with Crippen molar-refractivity contribution in [3.8, 4) is 5.75 Å².